The maximum Gasteiger partial charge on any atom is 0.311 e. The van der Waals surface area contributed by atoms with Crippen molar-refractivity contribution < 1.29 is 14.5 Å². The lowest BCUT2D eigenvalue weighted by molar-refractivity contribution is -0.385. The Hall–Kier alpha value is -1.82. The predicted molar refractivity (Wildman–Crippen MR) is 71.9 cm³/mol. The van der Waals surface area contributed by atoms with E-state index in [0.717, 1.165) is 0 Å². The maximum absolute atomic E-state index is 11.9. The highest BCUT2D eigenvalue weighted by molar-refractivity contribution is 6.17. The van der Waals surface area contributed by atoms with Crippen molar-refractivity contribution >= 4 is 23.2 Å². The summed E-state index contributed by atoms with van der Waals surface area (Å²) in [4.78, 5) is 22.3. The number of hydrogen-bond donors (Lipinski definition) is 1. The van der Waals surface area contributed by atoms with Gasteiger partial charge in [0.05, 0.1) is 17.1 Å². The minimum absolute atomic E-state index is 0.00151. The molecule has 0 aromatic heterocycles. The molecule has 1 amide bonds. The Morgan fingerprint density at radius 3 is 2.84 bits per heavy atom. The van der Waals surface area contributed by atoms with Crippen LogP contribution >= 0.6 is 11.6 Å². The molecule has 0 heterocycles. The van der Waals surface area contributed by atoms with Crippen LogP contribution in [0.2, 0.25) is 0 Å². The van der Waals surface area contributed by atoms with Gasteiger partial charge in [-0.1, -0.05) is 6.07 Å². The number of amides is 1. The van der Waals surface area contributed by atoms with Crippen molar-refractivity contribution in [3.8, 4) is 5.75 Å². The maximum atomic E-state index is 11.9. The Morgan fingerprint density at radius 1 is 1.53 bits per heavy atom. The quantitative estimate of drug-likeness (QED) is 0.361. The molecule has 0 spiro atoms. The van der Waals surface area contributed by atoms with E-state index in [0.29, 0.717) is 18.8 Å². The van der Waals surface area contributed by atoms with Gasteiger partial charge < -0.3 is 10.1 Å². The number of nitrogens with zero attached hydrogens (tertiary/aromatic N) is 1. The van der Waals surface area contributed by atoms with Crippen molar-refractivity contribution in [1.82, 2.24) is 5.32 Å². The largest absolute Gasteiger partial charge is 0.487 e. The summed E-state index contributed by atoms with van der Waals surface area (Å²) < 4.78 is 5.23. The summed E-state index contributed by atoms with van der Waals surface area (Å²) in [5.41, 5.74) is -0.0579. The fraction of sp³-hybridized carbons (Fsp3) is 0.417. The normalized spacial score (nSPS) is 10.0. The van der Waals surface area contributed by atoms with Gasteiger partial charge in [-0.2, -0.15) is 0 Å². The van der Waals surface area contributed by atoms with Crippen LogP contribution in [0.5, 0.6) is 5.75 Å². The van der Waals surface area contributed by atoms with Crippen molar-refractivity contribution in [2.24, 2.45) is 0 Å². The molecule has 0 aliphatic rings. The first-order valence-electron chi connectivity index (χ1n) is 5.86. The second kappa shape index (κ2) is 7.58. The Balaban J connectivity index is 3.01. The average molecular weight is 287 g/mol. The number of nitro groups is 1. The van der Waals surface area contributed by atoms with Crippen molar-refractivity contribution in [3.05, 3.63) is 33.9 Å². The molecule has 0 saturated heterocycles. The molecule has 6 nitrogen and oxygen atoms in total. The molecule has 0 saturated carbocycles. The number of alkyl halides is 1. The summed E-state index contributed by atoms with van der Waals surface area (Å²) in [6.45, 7) is 2.36. The van der Waals surface area contributed by atoms with Gasteiger partial charge in [0.25, 0.3) is 5.91 Å². The zero-order chi connectivity index (χ0) is 14.3. The third kappa shape index (κ3) is 4.10. The third-order valence-corrected chi connectivity index (χ3v) is 2.59. The molecule has 0 unspecified atom stereocenters. The van der Waals surface area contributed by atoms with Crippen molar-refractivity contribution in [2.75, 3.05) is 19.0 Å². The second-order valence-corrected chi connectivity index (χ2v) is 4.02. The van der Waals surface area contributed by atoms with Crippen LogP contribution in [0, 0.1) is 10.1 Å². The van der Waals surface area contributed by atoms with Gasteiger partial charge in [-0.3, -0.25) is 14.9 Å². The van der Waals surface area contributed by atoms with E-state index in [4.69, 9.17) is 16.3 Å². The number of carbonyl (C=O) groups is 1. The van der Waals surface area contributed by atoms with Crippen molar-refractivity contribution in [2.45, 2.75) is 13.3 Å². The topological polar surface area (TPSA) is 81.5 Å². The Labute approximate surface area is 115 Å². The standard InChI is InChI=1S/C12H15ClN2O4/c1-2-19-11-9(12(16)14-8-4-7-13)5-3-6-10(11)15(17)18/h3,5-6H,2,4,7-8H2,1H3,(H,14,16). The van der Waals surface area contributed by atoms with Crippen LogP contribution in [0.15, 0.2) is 18.2 Å². The van der Waals surface area contributed by atoms with Crippen LogP contribution in [0.4, 0.5) is 5.69 Å². The number of carbonyl (C=O) groups excluding carboxylic acids is 1. The van der Waals surface area contributed by atoms with Gasteiger partial charge in [0.15, 0.2) is 0 Å². The number of halogens is 1. The van der Waals surface area contributed by atoms with Crippen LogP contribution in [-0.4, -0.2) is 29.9 Å². The number of rotatable bonds is 7. The van der Waals surface area contributed by atoms with E-state index in [2.05, 4.69) is 5.32 Å². The number of ether oxygens (including phenoxy) is 1. The number of benzene rings is 1. The molecule has 19 heavy (non-hydrogen) atoms. The van der Waals surface area contributed by atoms with Crippen molar-refractivity contribution in [3.63, 3.8) is 0 Å². The summed E-state index contributed by atoms with van der Waals surface area (Å²) in [5.74, 6) is 0.0312. The van der Waals surface area contributed by atoms with Crippen LogP contribution in [0.1, 0.15) is 23.7 Å². The van der Waals surface area contributed by atoms with Gasteiger partial charge in [0.1, 0.15) is 0 Å². The van der Waals surface area contributed by atoms with E-state index in [1.54, 1.807) is 6.92 Å². The van der Waals surface area contributed by atoms with Crippen LogP contribution in [-0.2, 0) is 0 Å². The molecule has 0 bridgehead atoms. The summed E-state index contributed by atoms with van der Waals surface area (Å²) in [7, 11) is 0. The minimum atomic E-state index is -0.569. The lowest BCUT2D eigenvalue weighted by atomic mass is 10.1. The summed E-state index contributed by atoms with van der Waals surface area (Å²) in [5, 5.41) is 13.5. The van der Waals surface area contributed by atoms with Crippen LogP contribution in [0.25, 0.3) is 0 Å². The lowest BCUT2D eigenvalue weighted by Gasteiger charge is -2.10. The number of hydrogen-bond acceptors (Lipinski definition) is 4. The smallest absolute Gasteiger partial charge is 0.311 e. The van der Waals surface area contributed by atoms with E-state index < -0.39 is 10.8 Å². The number of nitrogens with one attached hydrogen (secondary N) is 1. The second-order valence-electron chi connectivity index (χ2n) is 3.64. The Bertz CT molecular complexity index is 465. The Kier molecular flexibility index (Phi) is 6.08. The van der Waals surface area contributed by atoms with E-state index in [-0.39, 0.29) is 23.6 Å². The summed E-state index contributed by atoms with van der Waals surface area (Å²) >= 11 is 5.51. The fourth-order valence-corrected chi connectivity index (χ4v) is 1.64. The van der Waals surface area contributed by atoms with Gasteiger partial charge in [-0.05, 0) is 19.4 Å². The zero-order valence-electron chi connectivity index (χ0n) is 10.5. The highest BCUT2D eigenvalue weighted by atomic mass is 35.5. The molecular formula is C12H15ClN2O4. The summed E-state index contributed by atoms with van der Waals surface area (Å²) in [6.07, 6.45) is 0.631. The highest BCUT2D eigenvalue weighted by Gasteiger charge is 2.22. The molecule has 0 aliphatic heterocycles. The molecule has 0 fully saturated rings. The molecule has 0 aliphatic carbocycles. The molecule has 0 atom stereocenters. The van der Waals surface area contributed by atoms with Gasteiger partial charge >= 0.3 is 5.69 Å². The molecule has 0 radical (unpaired) electrons. The number of nitro benzene ring substituents is 1. The van der Waals surface area contributed by atoms with Gasteiger partial charge in [-0.25, -0.2) is 0 Å². The highest BCUT2D eigenvalue weighted by Crippen LogP contribution is 2.30. The average Bonchev–Trinajstić information content (AvgIpc) is 2.39. The molecule has 104 valence electrons. The monoisotopic (exact) mass is 286 g/mol. The molecule has 1 aromatic carbocycles. The predicted octanol–water partition coefficient (Wildman–Crippen LogP) is 2.35. The molecule has 1 N–H and O–H groups in total. The first-order valence-corrected chi connectivity index (χ1v) is 6.39. The van der Waals surface area contributed by atoms with Gasteiger partial charge in [0.2, 0.25) is 5.75 Å². The van der Waals surface area contributed by atoms with E-state index >= 15 is 0 Å². The SMILES string of the molecule is CCOc1c(C(=O)NCCCCl)cccc1[N+](=O)[O-]. The lowest BCUT2D eigenvalue weighted by Crippen LogP contribution is -2.25. The zero-order valence-corrected chi connectivity index (χ0v) is 11.3. The van der Waals surface area contributed by atoms with Crippen LogP contribution in [0.3, 0.4) is 0 Å². The molecule has 7 heteroatoms. The Morgan fingerprint density at radius 2 is 2.26 bits per heavy atom. The first-order chi connectivity index (χ1) is 9.11. The molecule has 1 aromatic rings. The molecular weight excluding hydrogens is 272 g/mol. The van der Waals surface area contributed by atoms with Gasteiger partial charge in [-0.15, -0.1) is 11.6 Å². The minimum Gasteiger partial charge on any atom is -0.487 e. The number of para-hydroxylation sites is 1. The van der Waals surface area contributed by atoms with Gasteiger partial charge in [0, 0.05) is 18.5 Å². The van der Waals surface area contributed by atoms with Crippen LogP contribution < -0.4 is 10.1 Å². The fourth-order valence-electron chi connectivity index (χ4n) is 1.51. The molecule has 1 rings (SSSR count). The van der Waals surface area contributed by atoms with E-state index in [9.17, 15) is 14.9 Å². The first kappa shape index (κ1) is 15.2. The van der Waals surface area contributed by atoms with Crippen molar-refractivity contribution in [1.29, 1.82) is 0 Å². The third-order valence-electron chi connectivity index (χ3n) is 2.32. The summed E-state index contributed by atoms with van der Waals surface area (Å²) in [6, 6.07) is 4.26. The van der Waals surface area contributed by atoms with E-state index in [1.165, 1.54) is 18.2 Å². The van der Waals surface area contributed by atoms with E-state index in [1.807, 2.05) is 0 Å².